The zero-order chi connectivity index (χ0) is 17.1. The van der Waals surface area contributed by atoms with E-state index in [2.05, 4.69) is 33.0 Å². The van der Waals surface area contributed by atoms with Crippen LogP contribution in [0.4, 0.5) is 5.69 Å². The second kappa shape index (κ2) is 7.27. The number of para-hydroxylation sites is 1. The lowest BCUT2D eigenvalue weighted by atomic mass is 10.3. The lowest BCUT2D eigenvalue weighted by Gasteiger charge is -2.09. The number of hydrogen-bond donors (Lipinski definition) is 1. The molecule has 0 bridgehead atoms. The highest BCUT2D eigenvalue weighted by molar-refractivity contribution is 14.1. The van der Waals surface area contributed by atoms with E-state index in [9.17, 15) is 9.59 Å². The first kappa shape index (κ1) is 16.8. The van der Waals surface area contributed by atoms with Gasteiger partial charge in [0.1, 0.15) is 12.2 Å². The van der Waals surface area contributed by atoms with Crippen LogP contribution in [-0.4, -0.2) is 15.7 Å². The van der Waals surface area contributed by atoms with Gasteiger partial charge < -0.3 is 5.32 Å². The summed E-state index contributed by atoms with van der Waals surface area (Å²) in [4.78, 5) is 26.4. The van der Waals surface area contributed by atoms with Crippen LogP contribution in [0.1, 0.15) is 4.88 Å². The molecule has 7 heteroatoms. The van der Waals surface area contributed by atoms with Gasteiger partial charge >= 0.3 is 0 Å². The molecule has 0 saturated heterocycles. The van der Waals surface area contributed by atoms with Gasteiger partial charge in [0.2, 0.25) is 5.91 Å². The number of anilines is 1. The minimum absolute atomic E-state index is 0.123. The van der Waals surface area contributed by atoms with Crippen LogP contribution in [0.5, 0.6) is 0 Å². The van der Waals surface area contributed by atoms with Crippen molar-refractivity contribution < 1.29 is 4.79 Å². The fourth-order valence-corrected chi connectivity index (χ4v) is 3.51. The maximum atomic E-state index is 12.2. The van der Waals surface area contributed by atoms with Gasteiger partial charge in [-0.25, -0.2) is 4.68 Å². The van der Waals surface area contributed by atoms with Gasteiger partial charge in [0.25, 0.3) is 5.56 Å². The van der Waals surface area contributed by atoms with Gasteiger partial charge in [-0.05, 0) is 59.8 Å². The second-order valence-corrected chi connectivity index (χ2v) is 7.60. The van der Waals surface area contributed by atoms with Gasteiger partial charge in [-0.15, -0.1) is 11.3 Å². The van der Waals surface area contributed by atoms with Crippen molar-refractivity contribution in [3.8, 4) is 10.6 Å². The van der Waals surface area contributed by atoms with Crippen LogP contribution >= 0.6 is 33.9 Å². The van der Waals surface area contributed by atoms with Crippen molar-refractivity contribution in [3.63, 3.8) is 0 Å². The molecule has 3 rings (SSSR count). The van der Waals surface area contributed by atoms with Crippen molar-refractivity contribution in [2.45, 2.75) is 13.5 Å². The van der Waals surface area contributed by atoms with Crippen LogP contribution in [0.2, 0.25) is 0 Å². The average Bonchev–Trinajstić information content (AvgIpc) is 2.98. The Bertz CT molecular complexity index is 949. The van der Waals surface area contributed by atoms with E-state index >= 15 is 0 Å². The first-order valence-corrected chi connectivity index (χ1v) is 9.12. The topological polar surface area (TPSA) is 64.0 Å². The smallest absolute Gasteiger partial charge is 0.267 e. The largest absolute Gasteiger partial charge is 0.324 e. The number of amides is 1. The molecule has 5 nitrogen and oxygen atoms in total. The quantitative estimate of drug-likeness (QED) is 0.618. The molecule has 0 radical (unpaired) electrons. The number of nitrogens with zero attached hydrogens (tertiary/aromatic N) is 2. The van der Waals surface area contributed by atoms with Crippen LogP contribution in [0, 0.1) is 10.5 Å². The Morgan fingerprint density at radius 3 is 2.71 bits per heavy atom. The van der Waals surface area contributed by atoms with Crippen molar-refractivity contribution in [1.29, 1.82) is 0 Å². The predicted octanol–water partition coefficient (Wildman–Crippen LogP) is 3.52. The van der Waals surface area contributed by atoms with Gasteiger partial charge in [0.15, 0.2) is 0 Å². The van der Waals surface area contributed by atoms with E-state index in [1.807, 2.05) is 43.3 Å². The third kappa shape index (κ3) is 3.90. The standard InChI is InChI=1S/C17H14IN3O2S/c1-11-6-8-15(24-11)14-7-9-17(23)21(20-14)10-16(22)19-13-5-3-2-4-12(13)18/h2-9H,10H2,1H3,(H,19,22). The van der Waals surface area contributed by atoms with Crippen LogP contribution in [0.25, 0.3) is 10.6 Å². The molecule has 0 atom stereocenters. The minimum Gasteiger partial charge on any atom is -0.324 e. The fourth-order valence-electron chi connectivity index (χ4n) is 2.15. The Labute approximate surface area is 156 Å². The van der Waals surface area contributed by atoms with Gasteiger partial charge in [0.05, 0.1) is 10.6 Å². The lowest BCUT2D eigenvalue weighted by molar-refractivity contribution is -0.117. The molecular weight excluding hydrogens is 437 g/mol. The molecule has 3 aromatic rings. The van der Waals surface area contributed by atoms with Gasteiger partial charge in [-0.3, -0.25) is 9.59 Å². The third-order valence-corrected chi connectivity index (χ3v) is 5.26. The molecule has 0 aliphatic rings. The number of rotatable bonds is 4. The summed E-state index contributed by atoms with van der Waals surface area (Å²) < 4.78 is 2.13. The van der Waals surface area contributed by atoms with Gasteiger partial charge in [0, 0.05) is 14.5 Å². The summed E-state index contributed by atoms with van der Waals surface area (Å²) in [7, 11) is 0. The summed E-state index contributed by atoms with van der Waals surface area (Å²) in [6, 6.07) is 14.6. The molecule has 0 spiro atoms. The average molecular weight is 451 g/mol. The highest BCUT2D eigenvalue weighted by atomic mass is 127. The lowest BCUT2D eigenvalue weighted by Crippen LogP contribution is -2.29. The number of aromatic nitrogens is 2. The maximum absolute atomic E-state index is 12.2. The highest BCUT2D eigenvalue weighted by Gasteiger charge is 2.10. The zero-order valence-electron chi connectivity index (χ0n) is 12.8. The van der Waals surface area contributed by atoms with Gasteiger partial charge in [-0.2, -0.15) is 5.10 Å². The molecule has 2 heterocycles. The van der Waals surface area contributed by atoms with Crippen molar-refractivity contribution in [3.05, 3.63) is 67.3 Å². The van der Waals surface area contributed by atoms with Crippen molar-refractivity contribution in [1.82, 2.24) is 9.78 Å². The molecule has 1 aromatic carbocycles. The summed E-state index contributed by atoms with van der Waals surface area (Å²) in [6.45, 7) is 1.89. The van der Waals surface area contributed by atoms with E-state index in [-0.39, 0.29) is 18.0 Å². The highest BCUT2D eigenvalue weighted by Crippen LogP contribution is 2.25. The monoisotopic (exact) mass is 451 g/mol. The third-order valence-electron chi connectivity index (χ3n) is 3.30. The molecule has 24 heavy (non-hydrogen) atoms. The summed E-state index contributed by atoms with van der Waals surface area (Å²) in [6.07, 6.45) is 0. The van der Waals surface area contributed by atoms with E-state index in [0.29, 0.717) is 5.69 Å². The summed E-state index contributed by atoms with van der Waals surface area (Å²) in [5.74, 6) is -0.284. The first-order valence-electron chi connectivity index (χ1n) is 7.22. The van der Waals surface area contributed by atoms with Crippen LogP contribution in [0.3, 0.4) is 0 Å². The molecule has 0 fully saturated rings. The van der Waals surface area contributed by atoms with E-state index in [1.165, 1.54) is 15.6 Å². The minimum atomic E-state index is -0.301. The molecule has 0 saturated carbocycles. The second-order valence-electron chi connectivity index (χ2n) is 5.15. The Balaban J connectivity index is 1.80. The van der Waals surface area contributed by atoms with E-state index < -0.39 is 0 Å². The Kier molecular flexibility index (Phi) is 5.10. The Hall–Kier alpha value is -2.00. The first-order chi connectivity index (χ1) is 11.5. The van der Waals surface area contributed by atoms with Crippen molar-refractivity contribution in [2.24, 2.45) is 0 Å². The number of hydrogen-bond acceptors (Lipinski definition) is 4. The van der Waals surface area contributed by atoms with Crippen LogP contribution < -0.4 is 10.9 Å². The van der Waals surface area contributed by atoms with Crippen molar-refractivity contribution in [2.75, 3.05) is 5.32 Å². The number of benzene rings is 1. The normalized spacial score (nSPS) is 10.6. The summed E-state index contributed by atoms with van der Waals surface area (Å²) in [5, 5.41) is 7.12. The molecule has 1 N–H and O–H groups in total. The molecule has 2 aromatic heterocycles. The number of carbonyl (C=O) groups is 1. The van der Waals surface area contributed by atoms with E-state index in [4.69, 9.17) is 0 Å². The molecule has 122 valence electrons. The van der Waals surface area contributed by atoms with E-state index in [1.54, 1.807) is 17.4 Å². The van der Waals surface area contributed by atoms with Crippen LogP contribution in [-0.2, 0) is 11.3 Å². The fraction of sp³-hybridized carbons (Fsp3) is 0.118. The maximum Gasteiger partial charge on any atom is 0.267 e. The van der Waals surface area contributed by atoms with Crippen LogP contribution in [0.15, 0.2) is 53.3 Å². The summed E-state index contributed by atoms with van der Waals surface area (Å²) in [5.41, 5.74) is 1.11. The van der Waals surface area contributed by atoms with E-state index in [0.717, 1.165) is 14.1 Å². The Morgan fingerprint density at radius 1 is 1.21 bits per heavy atom. The number of nitrogens with one attached hydrogen (secondary N) is 1. The number of carbonyl (C=O) groups excluding carboxylic acids is 1. The van der Waals surface area contributed by atoms with Crippen molar-refractivity contribution >= 4 is 45.5 Å². The molecule has 0 aliphatic heterocycles. The Morgan fingerprint density at radius 2 is 2.00 bits per heavy atom. The van der Waals surface area contributed by atoms with Gasteiger partial charge in [-0.1, -0.05) is 12.1 Å². The zero-order valence-corrected chi connectivity index (χ0v) is 15.8. The SMILES string of the molecule is Cc1ccc(-c2ccc(=O)n(CC(=O)Nc3ccccc3I)n2)s1. The molecular formula is C17H14IN3O2S. The molecule has 0 unspecified atom stereocenters. The number of aryl methyl sites for hydroxylation is 1. The molecule has 1 amide bonds. The predicted molar refractivity (Wildman–Crippen MR) is 104 cm³/mol. The summed E-state index contributed by atoms with van der Waals surface area (Å²) >= 11 is 3.75. The molecule has 0 aliphatic carbocycles. The number of thiophene rings is 1. The number of halogens is 1.